The van der Waals surface area contributed by atoms with Crippen LogP contribution in [0.2, 0.25) is 5.02 Å². The molecule has 0 aliphatic carbocycles. The fraction of sp³-hybridized carbons (Fsp3) is 0.364. The number of halogens is 1. The third-order valence-electron chi connectivity index (χ3n) is 5.14. The number of ether oxygens (including phenoxy) is 1. The molecular weight excluding hydrogens is 406 g/mol. The predicted molar refractivity (Wildman–Crippen MR) is 119 cm³/mol. The van der Waals surface area contributed by atoms with Crippen LogP contribution in [-0.4, -0.2) is 55.2 Å². The molecule has 7 heteroatoms. The Bertz CT molecular complexity index is 1030. The number of anilines is 1. The zero-order chi connectivity index (χ0) is 20.4. The minimum Gasteiger partial charge on any atom is -0.379 e. The van der Waals surface area contributed by atoms with Crippen molar-refractivity contribution in [1.82, 2.24) is 9.88 Å². The van der Waals surface area contributed by atoms with E-state index in [0.29, 0.717) is 22.3 Å². The summed E-state index contributed by atoms with van der Waals surface area (Å²) < 4.78 is 6.54. The summed E-state index contributed by atoms with van der Waals surface area (Å²) in [6.45, 7) is 8.70. The predicted octanol–water partition coefficient (Wildman–Crippen LogP) is 4.55. The van der Waals surface area contributed by atoms with Gasteiger partial charge in [-0.15, -0.1) is 0 Å². The van der Waals surface area contributed by atoms with Crippen LogP contribution in [0.15, 0.2) is 36.4 Å². The van der Waals surface area contributed by atoms with Crippen molar-refractivity contribution >= 4 is 44.2 Å². The number of aryl methyl sites for hydroxylation is 2. The maximum atomic E-state index is 13.4. The van der Waals surface area contributed by atoms with Crippen LogP contribution in [0.5, 0.6) is 0 Å². The number of carbonyl (C=O) groups is 1. The Morgan fingerprint density at radius 2 is 2.00 bits per heavy atom. The van der Waals surface area contributed by atoms with E-state index in [9.17, 15) is 4.79 Å². The van der Waals surface area contributed by atoms with Crippen LogP contribution in [0.1, 0.15) is 21.5 Å². The molecule has 152 valence electrons. The van der Waals surface area contributed by atoms with Gasteiger partial charge in [0, 0.05) is 26.2 Å². The highest BCUT2D eigenvalue weighted by Gasteiger charge is 2.24. The molecule has 1 aliphatic heterocycles. The standard InChI is InChI=1S/C22H24ClN3O2S/c1-15-13-16(2)20-19(14-15)29-22(24-20)26(8-7-25-9-11-28-12-10-25)21(27)17-5-3-4-6-18(17)23/h3-6,13-14H,7-12H2,1-2H3. The van der Waals surface area contributed by atoms with Gasteiger partial charge in [0.05, 0.1) is 34.0 Å². The Morgan fingerprint density at radius 3 is 2.76 bits per heavy atom. The lowest BCUT2D eigenvalue weighted by molar-refractivity contribution is 0.0391. The Kier molecular flexibility index (Phi) is 6.15. The molecule has 0 unspecified atom stereocenters. The molecule has 1 aromatic heterocycles. The van der Waals surface area contributed by atoms with Crippen LogP contribution < -0.4 is 4.90 Å². The topological polar surface area (TPSA) is 45.7 Å². The van der Waals surface area contributed by atoms with Crippen molar-refractivity contribution in [2.45, 2.75) is 13.8 Å². The third-order valence-corrected chi connectivity index (χ3v) is 6.50. The molecule has 0 radical (unpaired) electrons. The fourth-order valence-electron chi connectivity index (χ4n) is 3.60. The zero-order valence-corrected chi connectivity index (χ0v) is 18.2. The summed E-state index contributed by atoms with van der Waals surface area (Å²) in [7, 11) is 0. The molecule has 29 heavy (non-hydrogen) atoms. The van der Waals surface area contributed by atoms with Crippen molar-refractivity contribution in [1.29, 1.82) is 0 Å². The van der Waals surface area contributed by atoms with Crippen LogP contribution >= 0.6 is 22.9 Å². The van der Waals surface area contributed by atoms with Crippen LogP contribution in [0, 0.1) is 13.8 Å². The summed E-state index contributed by atoms with van der Waals surface area (Å²) in [5.74, 6) is -0.114. The Hall–Kier alpha value is -1.99. The van der Waals surface area contributed by atoms with Gasteiger partial charge in [-0.2, -0.15) is 0 Å². The molecule has 1 aliphatic rings. The van der Waals surface area contributed by atoms with Crippen molar-refractivity contribution in [3.63, 3.8) is 0 Å². The fourth-order valence-corrected chi connectivity index (χ4v) is 4.99. The second kappa shape index (κ2) is 8.79. The highest BCUT2D eigenvalue weighted by molar-refractivity contribution is 7.22. The van der Waals surface area contributed by atoms with Gasteiger partial charge >= 0.3 is 0 Å². The summed E-state index contributed by atoms with van der Waals surface area (Å²) in [6, 6.07) is 11.4. The molecule has 1 amide bonds. The van der Waals surface area contributed by atoms with E-state index in [1.54, 1.807) is 28.4 Å². The minimum atomic E-state index is -0.114. The number of hydrogen-bond acceptors (Lipinski definition) is 5. The highest BCUT2D eigenvalue weighted by atomic mass is 35.5. The number of morpholine rings is 1. The minimum absolute atomic E-state index is 0.114. The van der Waals surface area contributed by atoms with E-state index in [-0.39, 0.29) is 5.91 Å². The van der Waals surface area contributed by atoms with Crippen molar-refractivity contribution in [2.24, 2.45) is 0 Å². The zero-order valence-electron chi connectivity index (χ0n) is 16.7. The van der Waals surface area contributed by atoms with Gasteiger partial charge in [0.25, 0.3) is 5.91 Å². The lowest BCUT2D eigenvalue weighted by Crippen LogP contribution is -2.43. The first-order valence-corrected chi connectivity index (χ1v) is 11.0. The SMILES string of the molecule is Cc1cc(C)c2nc(N(CCN3CCOCC3)C(=O)c3ccccc3Cl)sc2c1. The van der Waals surface area contributed by atoms with E-state index >= 15 is 0 Å². The van der Waals surface area contributed by atoms with Gasteiger partial charge in [0.15, 0.2) is 5.13 Å². The Morgan fingerprint density at radius 1 is 1.24 bits per heavy atom. The second-order valence-corrected chi connectivity index (χ2v) is 8.73. The Labute approximate surface area is 179 Å². The van der Waals surface area contributed by atoms with Crippen LogP contribution in [0.25, 0.3) is 10.2 Å². The summed E-state index contributed by atoms with van der Waals surface area (Å²) in [6.07, 6.45) is 0. The van der Waals surface area contributed by atoms with E-state index in [0.717, 1.165) is 48.6 Å². The lowest BCUT2D eigenvalue weighted by Gasteiger charge is -2.29. The van der Waals surface area contributed by atoms with E-state index in [4.69, 9.17) is 21.3 Å². The molecule has 5 nitrogen and oxygen atoms in total. The molecule has 0 spiro atoms. The molecule has 0 N–H and O–H groups in total. The monoisotopic (exact) mass is 429 g/mol. The number of carbonyl (C=O) groups excluding carboxylic acids is 1. The quantitative estimate of drug-likeness (QED) is 0.597. The van der Waals surface area contributed by atoms with E-state index in [1.165, 1.54) is 5.56 Å². The van der Waals surface area contributed by atoms with Crippen molar-refractivity contribution in [3.8, 4) is 0 Å². The first kappa shape index (κ1) is 20.3. The van der Waals surface area contributed by atoms with Crippen LogP contribution in [-0.2, 0) is 4.74 Å². The summed E-state index contributed by atoms with van der Waals surface area (Å²) >= 11 is 7.89. The molecule has 2 aromatic carbocycles. The number of benzene rings is 2. The third kappa shape index (κ3) is 4.46. The molecule has 0 atom stereocenters. The highest BCUT2D eigenvalue weighted by Crippen LogP contribution is 2.33. The molecule has 3 aromatic rings. The van der Waals surface area contributed by atoms with Gasteiger partial charge in [0.1, 0.15) is 0 Å². The van der Waals surface area contributed by atoms with Crippen LogP contribution in [0.3, 0.4) is 0 Å². The van der Waals surface area contributed by atoms with E-state index in [2.05, 4.69) is 30.9 Å². The summed E-state index contributed by atoms with van der Waals surface area (Å²) in [5.41, 5.74) is 3.78. The van der Waals surface area contributed by atoms with Gasteiger partial charge in [-0.1, -0.05) is 41.1 Å². The van der Waals surface area contributed by atoms with Crippen LogP contribution in [0.4, 0.5) is 5.13 Å². The maximum Gasteiger partial charge on any atom is 0.261 e. The first-order valence-electron chi connectivity index (χ1n) is 9.77. The van der Waals surface area contributed by atoms with E-state index in [1.807, 2.05) is 12.1 Å². The van der Waals surface area contributed by atoms with Crippen molar-refractivity contribution < 1.29 is 9.53 Å². The number of hydrogen-bond donors (Lipinski definition) is 0. The molecule has 4 rings (SSSR count). The van der Waals surface area contributed by atoms with Gasteiger partial charge in [-0.05, 0) is 43.2 Å². The molecule has 0 bridgehead atoms. The average molecular weight is 430 g/mol. The second-order valence-electron chi connectivity index (χ2n) is 7.32. The molecule has 2 heterocycles. The number of thiazole rings is 1. The molecular formula is C22H24ClN3O2S. The number of fused-ring (bicyclic) bond motifs is 1. The van der Waals surface area contributed by atoms with Gasteiger partial charge in [-0.3, -0.25) is 14.6 Å². The lowest BCUT2D eigenvalue weighted by atomic mass is 10.1. The normalized spacial score (nSPS) is 15.0. The molecule has 1 fully saturated rings. The Balaban J connectivity index is 1.68. The van der Waals surface area contributed by atoms with Gasteiger partial charge < -0.3 is 4.74 Å². The first-order chi connectivity index (χ1) is 14.0. The maximum absolute atomic E-state index is 13.4. The number of nitrogens with zero attached hydrogens (tertiary/aromatic N) is 3. The number of amides is 1. The summed E-state index contributed by atoms with van der Waals surface area (Å²) in [4.78, 5) is 22.4. The largest absolute Gasteiger partial charge is 0.379 e. The smallest absolute Gasteiger partial charge is 0.261 e. The number of rotatable bonds is 5. The molecule has 0 saturated carbocycles. The molecule has 1 saturated heterocycles. The van der Waals surface area contributed by atoms with Gasteiger partial charge in [-0.25, -0.2) is 4.98 Å². The van der Waals surface area contributed by atoms with Crippen molar-refractivity contribution in [3.05, 3.63) is 58.1 Å². The van der Waals surface area contributed by atoms with E-state index < -0.39 is 0 Å². The number of aromatic nitrogens is 1. The summed E-state index contributed by atoms with van der Waals surface area (Å²) in [5, 5.41) is 1.17. The van der Waals surface area contributed by atoms with Crippen molar-refractivity contribution in [2.75, 3.05) is 44.3 Å². The average Bonchev–Trinajstić information content (AvgIpc) is 3.13. The van der Waals surface area contributed by atoms with Gasteiger partial charge in [0.2, 0.25) is 0 Å².